The van der Waals surface area contributed by atoms with E-state index in [1.165, 1.54) is 28.8 Å². The lowest BCUT2D eigenvalue weighted by Gasteiger charge is -2.31. The van der Waals surface area contributed by atoms with Gasteiger partial charge in [0.2, 0.25) is 10.0 Å². The van der Waals surface area contributed by atoms with Crippen molar-refractivity contribution in [2.75, 3.05) is 13.1 Å². The highest BCUT2D eigenvalue weighted by atomic mass is 35.5. The SMILES string of the molecule is O=S(=O)(Cc1ccc(C(F)(F)F)cc1)N1CCC[C@@H](Oc2ncc(Cl)cn2)C1. The second-order valence-electron chi connectivity index (χ2n) is 6.37. The summed E-state index contributed by atoms with van der Waals surface area (Å²) in [5.74, 6) is -0.380. The van der Waals surface area contributed by atoms with Gasteiger partial charge in [-0.1, -0.05) is 23.7 Å². The molecule has 2 aromatic rings. The Kier molecular flexibility index (Phi) is 6.11. The molecule has 0 unspecified atom stereocenters. The molecule has 0 N–H and O–H groups in total. The first-order valence-electron chi connectivity index (χ1n) is 8.42. The molecule has 152 valence electrons. The molecule has 11 heteroatoms. The third-order valence-electron chi connectivity index (χ3n) is 4.23. The molecule has 1 aromatic heterocycles. The molecule has 2 heterocycles. The highest BCUT2D eigenvalue weighted by Crippen LogP contribution is 2.29. The largest absolute Gasteiger partial charge is 0.459 e. The fourth-order valence-electron chi connectivity index (χ4n) is 2.86. The number of piperidine rings is 1. The van der Waals surface area contributed by atoms with E-state index in [4.69, 9.17) is 16.3 Å². The summed E-state index contributed by atoms with van der Waals surface area (Å²) in [5.41, 5.74) is -0.528. The van der Waals surface area contributed by atoms with Crippen molar-refractivity contribution in [1.29, 1.82) is 0 Å². The van der Waals surface area contributed by atoms with Crippen LogP contribution in [0.1, 0.15) is 24.0 Å². The molecule has 3 rings (SSSR count). The third kappa shape index (κ3) is 5.33. The summed E-state index contributed by atoms with van der Waals surface area (Å²) in [6, 6.07) is 4.23. The van der Waals surface area contributed by atoms with Crippen LogP contribution >= 0.6 is 11.6 Å². The van der Waals surface area contributed by atoms with Gasteiger partial charge in [0.15, 0.2) is 0 Å². The smallest absolute Gasteiger partial charge is 0.416 e. The lowest BCUT2D eigenvalue weighted by Crippen LogP contribution is -2.44. The monoisotopic (exact) mass is 435 g/mol. The fraction of sp³-hybridized carbons (Fsp3) is 0.412. The standard InChI is InChI=1S/C17H17ClF3N3O3S/c18-14-8-22-16(23-9-14)27-15-2-1-7-24(10-15)28(25,26)11-12-3-5-13(6-4-12)17(19,20)21/h3-6,8-9,15H,1-2,7,10-11H2/t15-/m1/s1. The maximum atomic E-state index is 12.7. The lowest BCUT2D eigenvalue weighted by atomic mass is 10.1. The number of sulfonamides is 1. The summed E-state index contributed by atoms with van der Waals surface area (Å²) in [5, 5.41) is 0.358. The second kappa shape index (κ2) is 8.22. The average molecular weight is 436 g/mol. The number of aromatic nitrogens is 2. The lowest BCUT2D eigenvalue weighted by molar-refractivity contribution is -0.137. The van der Waals surface area contributed by atoms with Crippen LogP contribution in [0.3, 0.4) is 0 Å². The van der Waals surface area contributed by atoms with Crippen molar-refractivity contribution in [3.63, 3.8) is 0 Å². The summed E-state index contributed by atoms with van der Waals surface area (Å²) in [6.07, 6.45) is -0.892. The molecule has 0 saturated carbocycles. The van der Waals surface area contributed by atoms with Crippen molar-refractivity contribution in [2.45, 2.75) is 30.9 Å². The van der Waals surface area contributed by atoms with Gasteiger partial charge < -0.3 is 4.74 Å². The van der Waals surface area contributed by atoms with Crippen LogP contribution in [0.25, 0.3) is 0 Å². The van der Waals surface area contributed by atoms with Crippen LogP contribution in [0.4, 0.5) is 13.2 Å². The topological polar surface area (TPSA) is 72.4 Å². The van der Waals surface area contributed by atoms with Crippen LogP contribution < -0.4 is 4.74 Å². The van der Waals surface area contributed by atoms with Gasteiger partial charge in [-0.25, -0.2) is 18.4 Å². The number of alkyl halides is 3. The Morgan fingerprint density at radius 3 is 2.43 bits per heavy atom. The van der Waals surface area contributed by atoms with E-state index in [0.29, 0.717) is 24.4 Å². The van der Waals surface area contributed by atoms with Gasteiger partial charge in [-0.05, 0) is 30.5 Å². The molecule has 1 atom stereocenters. The van der Waals surface area contributed by atoms with Gasteiger partial charge in [0.05, 0.1) is 35.3 Å². The minimum Gasteiger partial charge on any atom is -0.459 e. The molecule has 0 aliphatic carbocycles. The maximum Gasteiger partial charge on any atom is 0.416 e. The van der Waals surface area contributed by atoms with Crippen molar-refractivity contribution in [1.82, 2.24) is 14.3 Å². The van der Waals surface area contributed by atoms with Crippen LogP contribution in [0.2, 0.25) is 5.02 Å². The zero-order chi connectivity index (χ0) is 20.4. The predicted octanol–water partition coefficient (Wildman–Crippen LogP) is 3.52. The molecule has 1 fully saturated rings. The van der Waals surface area contributed by atoms with E-state index < -0.39 is 27.9 Å². The molecule has 1 saturated heterocycles. The summed E-state index contributed by atoms with van der Waals surface area (Å²) in [7, 11) is -3.71. The second-order valence-corrected chi connectivity index (χ2v) is 8.78. The summed E-state index contributed by atoms with van der Waals surface area (Å²) < 4.78 is 70.2. The van der Waals surface area contributed by atoms with Gasteiger partial charge in [0.25, 0.3) is 0 Å². The Balaban J connectivity index is 1.65. The quantitative estimate of drug-likeness (QED) is 0.718. The Morgan fingerprint density at radius 2 is 1.82 bits per heavy atom. The number of halogens is 4. The van der Waals surface area contributed by atoms with Crippen LogP contribution in [-0.4, -0.2) is 41.9 Å². The molecule has 0 spiro atoms. The Hall–Kier alpha value is -1.91. The summed E-state index contributed by atoms with van der Waals surface area (Å²) >= 11 is 5.72. The predicted molar refractivity (Wildman–Crippen MR) is 96.3 cm³/mol. The Labute approximate surface area is 165 Å². The van der Waals surface area contributed by atoms with Gasteiger partial charge in [0, 0.05) is 6.54 Å². The highest BCUT2D eigenvalue weighted by Gasteiger charge is 2.32. The van der Waals surface area contributed by atoms with E-state index in [1.807, 2.05) is 0 Å². The molecule has 0 bridgehead atoms. The van der Waals surface area contributed by atoms with E-state index in [2.05, 4.69) is 9.97 Å². The highest BCUT2D eigenvalue weighted by molar-refractivity contribution is 7.88. The van der Waals surface area contributed by atoms with E-state index in [0.717, 1.165) is 12.1 Å². The van der Waals surface area contributed by atoms with Crippen molar-refractivity contribution >= 4 is 21.6 Å². The number of hydrogen-bond acceptors (Lipinski definition) is 5. The maximum absolute atomic E-state index is 12.7. The molecule has 28 heavy (non-hydrogen) atoms. The number of nitrogens with zero attached hydrogens (tertiary/aromatic N) is 3. The van der Waals surface area contributed by atoms with E-state index in [1.54, 1.807) is 0 Å². The first-order valence-corrected chi connectivity index (χ1v) is 10.4. The Morgan fingerprint density at radius 1 is 1.18 bits per heavy atom. The molecule has 0 amide bonds. The van der Waals surface area contributed by atoms with Crippen LogP contribution in [0, 0.1) is 0 Å². The average Bonchev–Trinajstić information content (AvgIpc) is 2.63. The van der Waals surface area contributed by atoms with Crippen molar-refractivity contribution in [2.24, 2.45) is 0 Å². The van der Waals surface area contributed by atoms with Crippen molar-refractivity contribution in [3.8, 4) is 6.01 Å². The number of hydrogen-bond donors (Lipinski definition) is 0. The van der Waals surface area contributed by atoms with Crippen LogP contribution in [0.5, 0.6) is 6.01 Å². The number of benzene rings is 1. The normalized spacial score (nSPS) is 18.8. The molecule has 6 nitrogen and oxygen atoms in total. The number of rotatable bonds is 5. The minimum atomic E-state index is -4.46. The summed E-state index contributed by atoms with van der Waals surface area (Å²) in [4.78, 5) is 7.86. The first-order chi connectivity index (χ1) is 13.1. The zero-order valence-corrected chi connectivity index (χ0v) is 16.1. The Bertz CT molecular complexity index is 906. The number of ether oxygens (including phenoxy) is 1. The molecule has 0 radical (unpaired) electrons. The molecule has 1 aromatic carbocycles. The minimum absolute atomic E-state index is 0.108. The zero-order valence-electron chi connectivity index (χ0n) is 14.6. The van der Waals surface area contributed by atoms with Gasteiger partial charge in [0.1, 0.15) is 6.10 Å². The summed E-state index contributed by atoms with van der Waals surface area (Å²) in [6.45, 7) is 0.444. The first kappa shape index (κ1) is 20.8. The van der Waals surface area contributed by atoms with Crippen molar-refractivity contribution < 1.29 is 26.3 Å². The molecular weight excluding hydrogens is 419 g/mol. The fourth-order valence-corrected chi connectivity index (χ4v) is 4.55. The van der Waals surface area contributed by atoms with Gasteiger partial charge in [-0.3, -0.25) is 0 Å². The van der Waals surface area contributed by atoms with E-state index in [-0.39, 0.29) is 23.9 Å². The van der Waals surface area contributed by atoms with Crippen LogP contribution in [0.15, 0.2) is 36.7 Å². The van der Waals surface area contributed by atoms with Crippen molar-refractivity contribution in [3.05, 3.63) is 52.8 Å². The van der Waals surface area contributed by atoms with Crippen LogP contribution in [-0.2, 0) is 22.0 Å². The van der Waals surface area contributed by atoms with E-state index in [9.17, 15) is 21.6 Å². The van der Waals surface area contributed by atoms with Gasteiger partial charge >= 0.3 is 12.2 Å². The molecule has 1 aliphatic heterocycles. The van der Waals surface area contributed by atoms with E-state index >= 15 is 0 Å². The van der Waals surface area contributed by atoms with Gasteiger partial charge in [-0.15, -0.1) is 0 Å². The molecule has 1 aliphatic rings. The molecular formula is C17H17ClF3N3O3S. The van der Waals surface area contributed by atoms with Gasteiger partial charge in [-0.2, -0.15) is 17.5 Å². The third-order valence-corrected chi connectivity index (χ3v) is 6.25.